The van der Waals surface area contributed by atoms with Gasteiger partial charge in [0.05, 0.1) is 5.52 Å². The number of H-pyrrole nitrogens is 1. The number of aliphatic imine (C=N–C) groups is 1. The first-order chi connectivity index (χ1) is 19.3. The van der Waals surface area contributed by atoms with E-state index in [4.69, 9.17) is 10.5 Å². The van der Waals surface area contributed by atoms with Crippen molar-refractivity contribution in [2.24, 2.45) is 4.99 Å². The number of fused-ring (bicyclic) bond motifs is 2. The number of nitrogens with two attached hydrogens (primary N) is 1. The molecule has 3 N–H and O–H groups in total. The average molecular weight is 541 g/mol. The Morgan fingerprint density at radius 1 is 1.20 bits per heavy atom. The number of ether oxygens (including phenoxy) is 1. The number of aromatic nitrogens is 3. The van der Waals surface area contributed by atoms with Gasteiger partial charge in [-0.1, -0.05) is 24.3 Å². The van der Waals surface area contributed by atoms with Crippen LogP contribution in [0.3, 0.4) is 0 Å². The van der Waals surface area contributed by atoms with E-state index < -0.39 is 0 Å². The van der Waals surface area contributed by atoms with Crippen LogP contribution in [0.25, 0.3) is 22.3 Å². The second-order valence-electron chi connectivity index (χ2n) is 9.74. The fourth-order valence-electron chi connectivity index (χ4n) is 4.90. The minimum absolute atomic E-state index is 0.109. The summed E-state index contributed by atoms with van der Waals surface area (Å²) in [6, 6.07) is 15.1. The molecule has 208 valence electrons. The molecule has 0 saturated heterocycles. The van der Waals surface area contributed by atoms with E-state index in [0.29, 0.717) is 24.6 Å². The molecule has 0 radical (unpaired) electrons. The Morgan fingerprint density at radius 3 is 2.67 bits per heavy atom. The van der Waals surface area contributed by atoms with Gasteiger partial charge in [0.1, 0.15) is 18.2 Å². The molecule has 7 nitrogen and oxygen atoms in total. The zero-order chi connectivity index (χ0) is 28.6. The van der Waals surface area contributed by atoms with Crippen molar-refractivity contribution in [1.82, 2.24) is 19.9 Å². The summed E-state index contributed by atoms with van der Waals surface area (Å²) in [6.07, 6.45) is 6.09. The first-order valence-corrected chi connectivity index (χ1v) is 13.4. The number of benzene rings is 2. The molecule has 40 heavy (non-hydrogen) atoms. The lowest BCUT2D eigenvalue weighted by Crippen LogP contribution is -2.36. The average Bonchev–Trinajstić information content (AvgIpc) is 3.18. The lowest BCUT2D eigenvalue weighted by molar-refractivity contribution is 0.195. The molecule has 3 heterocycles. The lowest BCUT2D eigenvalue weighted by atomic mass is 9.96. The van der Waals surface area contributed by atoms with Crippen LogP contribution in [0.4, 0.5) is 10.3 Å². The molecule has 4 aromatic rings. The molecule has 1 aliphatic heterocycles. The predicted molar refractivity (Wildman–Crippen MR) is 162 cm³/mol. The maximum absolute atomic E-state index is 13.5. The first kappa shape index (κ1) is 28.7. The maximum Gasteiger partial charge on any atom is 0.200 e. The van der Waals surface area contributed by atoms with Gasteiger partial charge in [0.2, 0.25) is 0 Å². The van der Waals surface area contributed by atoms with E-state index in [9.17, 15) is 4.39 Å². The highest BCUT2D eigenvalue weighted by molar-refractivity contribution is 5.79. The van der Waals surface area contributed by atoms with Crippen LogP contribution in [0.1, 0.15) is 38.8 Å². The molecule has 0 bridgehead atoms. The number of allylic oxidation sites excluding steroid dienone is 2. The monoisotopic (exact) mass is 540 g/mol. The van der Waals surface area contributed by atoms with E-state index in [1.165, 1.54) is 17.7 Å². The summed E-state index contributed by atoms with van der Waals surface area (Å²) in [5, 5.41) is 0. The Bertz CT molecular complexity index is 1520. The Kier molecular flexibility index (Phi) is 9.45. The number of pyridine rings is 1. The van der Waals surface area contributed by atoms with Gasteiger partial charge in [0.15, 0.2) is 11.6 Å². The van der Waals surface area contributed by atoms with Crippen LogP contribution in [0.5, 0.6) is 5.75 Å². The van der Waals surface area contributed by atoms with Gasteiger partial charge in [-0.25, -0.2) is 9.37 Å². The summed E-state index contributed by atoms with van der Waals surface area (Å²) in [6.45, 7) is 13.5. The fraction of sp³-hybridized carbons (Fsp3) is 0.281. The topological polar surface area (TPSA) is 92.4 Å². The Morgan fingerprint density at radius 2 is 1.95 bits per heavy atom. The smallest absolute Gasteiger partial charge is 0.200 e. The van der Waals surface area contributed by atoms with Crippen LogP contribution < -0.4 is 10.5 Å². The highest BCUT2D eigenvalue weighted by atomic mass is 19.1. The number of rotatable bonds is 6. The quantitative estimate of drug-likeness (QED) is 0.209. The van der Waals surface area contributed by atoms with Gasteiger partial charge >= 0.3 is 0 Å². The van der Waals surface area contributed by atoms with Gasteiger partial charge in [-0.05, 0) is 81.1 Å². The highest BCUT2D eigenvalue weighted by Gasteiger charge is 2.24. The summed E-state index contributed by atoms with van der Waals surface area (Å²) in [7, 11) is 0. The SMILES string of the molecule is C=CC.CC=N/C(C)=C(/Cc1ccc(F)cc1)C(C)N1CCOc2ccc(-c3cnc4nc(N)[nH]c4c3)cc2C1. The zero-order valence-electron chi connectivity index (χ0n) is 23.6. The normalized spacial score (nSPS) is 14.9. The summed E-state index contributed by atoms with van der Waals surface area (Å²) >= 11 is 0. The van der Waals surface area contributed by atoms with Crippen LogP contribution in [0.2, 0.25) is 0 Å². The predicted octanol–water partition coefficient (Wildman–Crippen LogP) is 6.73. The van der Waals surface area contributed by atoms with Crippen molar-refractivity contribution < 1.29 is 9.13 Å². The van der Waals surface area contributed by atoms with E-state index in [0.717, 1.165) is 52.3 Å². The van der Waals surface area contributed by atoms with Gasteiger partial charge in [0, 0.05) is 48.4 Å². The molecular weight excluding hydrogens is 503 g/mol. The molecule has 8 heteroatoms. The molecule has 5 rings (SSSR count). The molecule has 2 aromatic heterocycles. The van der Waals surface area contributed by atoms with Crippen LogP contribution in [0.15, 0.2) is 83.6 Å². The van der Waals surface area contributed by atoms with Crippen LogP contribution >= 0.6 is 0 Å². The molecule has 0 aliphatic carbocycles. The molecular formula is C32H37FN6O. The third-order valence-electron chi connectivity index (χ3n) is 6.91. The van der Waals surface area contributed by atoms with Gasteiger partial charge in [-0.15, -0.1) is 6.58 Å². The van der Waals surface area contributed by atoms with Crippen molar-refractivity contribution >= 4 is 23.3 Å². The minimum atomic E-state index is -0.229. The Labute approximate surface area is 235 Å². The van der Waals surface area contributed by atoms with E-state index >= 15 is 0 Å². The number of halogens is 1. The number of nitrogens with one attached hydrogen (secondary N) is 1. The standard InChI is InChI=1S/C29H31FN6O.C3H6/c1-4-32-18(2)25(13-20-5-8-24(30)9-6-20)19(3)36-11-12-37-27-10-7-21(14-23(27)17-36)22-15-26-28(33-16-22)35-29(31)34-26;1-3-2/h4-10,14-16,19H,11-13,17H2,1-3H3,(H3,31,33,34,35);3H,1H2,2H3/b25-18-,32-4?;. The summed E-state index contributed by atoms with van der Waals surface area (Å²) < 4.78 is 19.6. The van der Waals surface area contributed by atoms with E-state index in [1.807, 2.05) is 57.4 Å². The minimum Gasteiger partial charge on any atom is -0.492 e. The zero-order valence-corrected chi connectivity index (χ0v) is 23.6. The second-order valence-corrected chi connectivity index (χ2v) is 9.74. The third-order valence-corrected chi connectivity index (χ3v) is 6.91. The summed E-state index contributed by atoms with van der Waals surface area (Å²) in [5.74, 6) is 1.02. The van der Waals surface area contributed by atoms with Gasteiger partial charge in [-0.3, -0.25) is 9.89 Å². The number of imidazole rings is 1. The van der Waals surface area contributed by atoms with Crippen molar-refractivity contribution in [1.29, 1.82) is 0 Å². The Balaban J connectivity index is 0.00000118. The molecule has 0 saturated carbocycles. The van der Waals surface area contributed by atoms with E-state index in [1.54, 1.807) is 6.08 Å². The second kappa shape index (κ2) is 13.2. The summed E-state index contributed by atoms with van der Waals surface area (Å²) in [5.41, 5.74) is 13.6. The number of hydrogen-bond acceptors (Lipinski definition) is 6. The maximum atomic E-state index is 13.5. The van der Waals surface area contributed by atoms with Crippen LogP contribution in [0, 0.1) is 5.82 Å². The molecule has 1 aliphatic rings. The third kappa shape index (κ3) is 6.82. The number of anilines is 1. The first-order valence-electron chi connectivity index (χ1n) is 13.4. The van der Waals surface area contributed by atoms with E-state index in [-0.39, 0.29) is 11.9 Å². The summed E-state index contributed by atoms with van der Waals surface area (Å²) in [4.78, 5) is 18.7. The van der Waals surface area contributed by atoms with Crippen molar-refractivity contribution in [3.63, 3.8) is 0 Å². The molecule has 2 aromatic carbocycles. The number of hydrogen-bond donors (Lipinski definition) is 2. The fourth-order valence-corrected chi connectivity index (χ4v) is 4.90. The largest absolute Gasteiger partial charge is 0.492 e. The van der Waals surface area contributed by atoms with Crippen molar-refractivity contribution in [2.45, 2.75) is 46.7 Å². The van der Waals surface area contributed by atoms with Crippen molar-refractivity contribution in [3.8, 4) is 16.9 Å². The molecule has 0 fully saturated rings. The number of aromatic amines is 1. The molecule has 0 amide bonds. The van der Waals surface area contributed by atoms with Crippen LogP contribution in [-0.4, -0.2) is 45.3 Å². The number of nitrogens with zero attached hydrogens (tertiary/aromatic N) is 4. The van der Waals surface area contributed by atoms with Gasteiger partial charge in [-0.2, -0.15) is 4.98 Å². The Hall–Kier alpha value is -4.30. The number of nitrogen functional groups attached to an aromatic ring is 1. The highest BCUT2D eigenvalue weighted by Crippen LogP contribution is 2.32. The lowest BCUT2D eigenvalue weighted by Gasteiger charge is -2.30. The van der Waals surface area contributed by atoms with E-state index in [2.05, 4.69) is 50.5 Å². The molecule has 0 spiro atoms. The van der Waals surface area contributed by atoms with Crippen molar-refractivity contribution in [2.75, 3.05) is 18.9 Å². The van der Waals surface area contributed by atoms with Gasteiger partial charge in [0.25, 0.3) is 0 Å². The van der Waals surface area contributed by atoms with Crippen molar-refractivity contribution in [3.05, 3.63) is 95.6 Å². The molecule has 1 atom stereocenters. The van der Waals surface area contributed by atoms with Gasteiger partial charge < -0.3 is 15.5 Å². The van der Waals surface area contributed by atoms with Crippen LogP contribution in [-0.2, 0) is 13.0 Å². The molecule has 1 unspecified atom stereocenters.